The van der Waals surface area contributed by atoms with E-state index >= 15 is 0 Å². The molecule has 0 fully saturated rings. The fourth-order valence-corrected chi connectivity index (χ4v) is 3.87. The Morgan fingerprint density at radius 2 is 1.77 bits per heavy atom. The number of benzene rings is 3. The number of carbonyl (C=O) groups excluding carboxylic acids is 1. The largest absolute Gasteiger partial charge is 0.454 e. The first-order valence-corrected chi connectivity index (χ1v) is 9.62. The van der Waals surface area contributed by atoms with Gasteiger partial charge in [0.25, 0.3) is 5.91 Å². The minimum Gasteiger partial charge on any atom is -0.454 e. The van der Waals surface area contributed by atoms with Gasteiger partial charge < -0.3 is 19.7 Å². The molecule has 2 heterocycles. The topological polar surface area (TPSA) is 50.8 Å². The smallest absolute Gasteiger partial charge is 0.416 e. The third-order valence-electron chi connectivity index (χ3n) is 5.34. The van der Waals surface area contributed by atoms with Gasteiger partial charge in [-0.05, 0) is 42.0 Å². The molecule has 0 saturated heterocycles. The van der Waals surface area contributed by atoms with E-state index in [1.54, 1.807) is 47.4 Å². The van der Waals surface area contributed by atoms with Crippen LogP contribution in [-0.2, 0) is 12.7 Å². The maximum atomic E-state index is 13.1. The Morgan fingerprint density at radius 1 is 0.968 bits per heavy atom. The summed E-state index contributed by atoms with van der Waals surface area (Å²) in [6, 6.07) is 17.5. The molecule has 2 aliphatic rings. The molecule has 3 aromatic carbocycles. The Morgan fingerprint density at radius 3 is 2.61 bits per heavy atom. The van der Waals surface area contributed by atoms with Crippen LogP contribution in [0.25, 0.3) is 0 Å². The molecule has 0 aliphatic carbocycles. The van der Waals surface area contributed by atoms with Gasteiger partial charge in [0.1, 0.15) is 6.17 Å². The molecule has 0 unspecified atom stereocenters. The van der Waals surface area contributed by atoms with Crippen molar-refractivity contribution in [3.05, 3.63) is 89.0 Å². The number of nitrogens with zero attached hydrogens (tertiary/aromatic N) is 1. The lowest BCUT2D eigenvalue weighted by molar-refractivity contribution is -0.137. The number of carbonyl (C=O) groups is 1. The number of rotatable bonds is 4. The highest BCUT2D eigenvalue weighted by Crippen LogP contribution is 2.38. The number of nitrogens with one attached hydrogen (secondary N) is 1. The summed E-state index contributed by atoms with van der Waals surface area (Å²) in [7, 11) is 0. The Hall–Kier alpha value is -3.68. The van der Waals surface area contributed by atoms with Crippen LogP contribution >= 0.6 is 0 Å². The highest BCUT2D eigenvalue weighted by molar-refractivity contribution is 5.99. The van der Waals surface area contributed by atoms with Crippen LogP contribution in [-0.4, -0.2) is 17.6 Å². The number of fused-ring (bicyclic) bond motifs is 2. The first-order valence-electron chi connectivity index (χ1n) is 9.62. The van der Waals surface area contributed by atoms with Gasteiger partial charge in [-0.1, -0.05) is 30.3 Å². The van der Waals surface area contributed by atoms with E-state index in [1.807, 2.05) is 6.07 Å². The zero-order valence-corrected chi connectivity index (χ0v) is 16.1. The van der Waals surface area contributed by atoms with Crippen molar-refractivity contribution in [2.24, 2.45) is 0 Å². The molecule has 8 heteroatoms. The quantitative estimate of drug-likeness (QED) is 0.623. The van der Waals surface area contributed by atoms with Crippen molar-refractivity contribution in [1.29, 1.82) is 0 Å². The van der Waals surface area contributed by atoms with Gasteiger partial charge in [0.2, 0.25) is 6.79 Å². The van der Waals surface area contributed by atoms with Gasteiger partial charge in [-0.3, -0.25) is 4.79 Å². The Labute approximate surface area is 176 Å². The average molecular weight is 426 g/mol. The number of halogens is 3. The van der Waals surface area contributed by atoms with E-state index in [4.69, 9.17) is 9.47 Å². The average Bonchev–Trinajstić information content (AvgIpc) is 3.32. The minimum absolute atomic E-state index is 0.145. The lowest BCUT2D eigenvalue weighted by Crippen LogP contribution is -2.32. The predicted octanol–water partition coefficient (Wildman–Crippen LogP) is 5.20. The van der Waals surface area contributed by atoms with E-state index in [2.05, 4.69) is 5.32 Å². The molecule has 0 spiro atoms. The van der Waals surface area contributed by atoms with Crippen molar-refractivity contribution in [3.63, 3.8) is 0 Å². The molecule has 5 rings (SSSR count). The van der Waals surface area contributed by atoms with Gasteiger partial charge in [0.05, 0.1) is 5.56 Å². The number of ether oxygens (including phenoxy) is 2. The predicted molar refractivity (Wildman–Crippen MR) is 107 cm³/mol. The van der Waals surface area contributed by atoms with E-state index < -0.39 is 17.9 Å². The van der Waals surface area contributed by atoms with E-state index in [-0.39, 0.29) is 24.9 Å². The van der Waals surface area contributed by atoms with Gasteiger partial charge in [-0.25, -0.2) is 0 Å². The molecule has 1 N–H and O–H groups in total. The zero-order valence-electron chi connectivity index (χ0n) is 16.1. The number of amides is 1. The second-order valence-corrected chi connectivity index (χ2v) is 7.33. The van der Waals surface area contributed by atoms with Crippen molar-refractivity contribution < 1.29 is 27.4 Å². The van der Waals surface area contributed by atoms with Gasteiger partial charge in [-0.15, -0.1) is 0 Å². The standard InChI is InChI=1S/C23H17F3N2O3/c24-23(25,26)15-4-3-5-16(11-15)27-21-17-6-1-2-7-18(17)22(29)28(21)12-14-8-9-19-20(10-14)31-13-30-19/h1-11,21,27H,12-13H2/t21-/m1/s1. The van der Waals surface area contributed by atoms with E-state index in [0.29, 0.717) is 22.6 Å². The van der Waals surface area contributed by atoms with Crippen LogP contribution in [0.1, 0.15) is 33.2 Å². The number of anilines is 1. The lowest BCUT2D eigenvalue weighted by Gasteiger charge is -2.27. The van der Waals surface area contributed by atoms with Crippen LogP contribution in [0.3, 0.4) is 0 Å². The number of alkyl halides is 3. The van der Waals surface area contributed by atoms with Crippen LogP contribution in [0.15, 0.2) is 66.7 Å². The minimum atomic E-state index is -4.45. The highest BCUT2D eigenvalue weighted by atomic mass is 19.4. The van der Waals surface area contributed by atoms with Crippen molar-refractivity contribution in [2.45, 2.75) is 18.9 Å². The molecule has 0 aromatic heterocycles. The fourth-order valence-electron chi connectivity index (χ4n) is 3.87. The Balaban J connectivity index is 1.48. The lowest BCUT2D eigenvalue weighted by atomic mass is 10.1. The molecular formula is C23H17F3N2O3. The maximum absolute atomic E-state index is 13.1. The van der Waals surface area contributed by atoms with Crippen LogP contribution in [0, 0.1) is 0 Å². The van der Waals surface area contributed by atoms with Gasteiger partial charge in [-0.2, -0.15) is 13.2 Å². The molecule has 2 aliphatic heterocycles. The molecular weight excluding hydrogens is 409 g/mol. The summed E-state index contributed by atoms with van der Waals surface area (Å²) in [5, 5.41) is 3.11. The summed E-state index contributed by atoms with van der Waals surface area (Å²) in [6.45, 7) is 0.396. The third kappa shape index (κ3) is 3.54. The van der Waals surface area contributed by atoms with E-state index in [0.717, 1.165) is 17.7 Å². The second-order valence-electron chi connectivity index (χ2n) is 7.33. The summed E-state index contributed by atoms with van der Waals surface area (Å²) in [4.78, 5) is 14.7. The molecule has 1 atom stereocenters. The summed E-state index contributed by atoms with van der Waals surface area (Å²) >= 11 is 0. The molecule has 158 valence electrons. The van der Waals surface area contributed by atoms with Crippen LogP contribution in [0.5, 0.6) is 11.5 Å². The van der Waals surface area contributed by atoms with Crippen molar-refractivity contribution in [1.82, 2.24) is 4.90 Å². The van der Waals surface area contributed by atoms with Crippen molar-refractivity contribution >= 4 is 11.6 Å². The summed E-state index contributed by atoms with van der Waals surface area (Å²) in [6.07, 6.45) is -5.06. The first-order chi connectivity index (χ1) is 14.9. The molecule has 31 heavy (non-hydrogen) atoms. The summed E-state index contributed by atoms with van der Waals surface area (Å²) in [5.41, 5.74) is 1.58. The molecule has 3 aromatic rings. The summed E-state index contributed by atoms with van der Waals surface area (Å²) < 4.78 is 50.2. The van der Waals surface area contributed by atoms with Crippen molar-refractivity contribution in [3.8, 4) is 11.5 Å². The van der Waals surface area contributed by atoms with Crippen LogP contribution in [0.4, 0.5) is 18.9 Å². The fraction of sp³-hybridized carbons (Fsp3) is 0.174. The Kier molecular flexibility index (Phi) is 4.50. The molecule has 0 saturated carbocycles. The second kappa shape index (κ2) is 7.23. The number of hydrogen-bond donors (Lipinski definition) is 1. The molecule has 1 amide bonds. The van der Waals surface area contributed by atoms with E-state index in [1.165, 1.54) is 6.07 Å². The molecule has 0 radical (unpaired) electrons. The zero-order chi connectivity index (χ0) is 21.6. The third-order valence-corrected chi connectivity index (χ3v) is 5.34. The highest BCUT2D eigenvalue weighted by Gasteiger charge is 2.37. The molecule has 0 bridgehead atoms. The maximum Gasteiger partial charge on any atom is 0.416 e. The van der Waals surface area contributed by atoms with Crippen LogP contribution in [0.2, 0.25) is 0 Å². The number of hydrogen-bond acceptors (Lipinski definition) is 4. The van der Waals surface area contributed by atoms with E-state index in [9.17, 15) is 18.0 Å². The van der Waals surface area contributed by atoms with Gasteiger partial charge in [0, 0.05) is 23.4 Å². The monoisotopic (exact) mass is 426 g/mol. The van der Waals surface area contributed by atoms with Gasteiger partial charge >= 0.3 is 6.18 Å². The summed E-state index contributed by atoms with van der Waals surface area (Å²) in [5.74, 6) is 1.04. The Bertz CT molecular complexity index is 1160. The van der Waals surface area contributed by atoms with Crippen molar-refractivity contribution in [2.75, 3.05) is 12.1 Å². The van der Waals surface area contributed by atoms with Gasteiger partial charge in [0.15, 0.2) is 11.5 Å². The normalized spacial score (nSPS) is 17.1. The van der Waals surface area contributed by atoms with Crippen LogP contribution < -0.4 is 14.8 Å². The molecule has 5 nitrogen and oxygen atoms in total. The first kappa shape index (κ1) is 19.3. The SMILES string of the molecule is O=C1c2ccccc2[C@H](Nc2cccc(C(F)(F)F)c2)N1Cc1ccc2c(c1)OCO2.